The van der Waals surface area contributed by atoms with Crippen molar-refractivity contribution in [2.75, 3.05) is 5.32 Å². The van der Waals surface area contributed by atoms with E-state index < -0.39 is 11.7 Å². The van der Waals surface area contributed by atoms with Crippen molar-refractivity contribution in [2.24, 2.45) is 7.05 Å². The first-order chi connectivity index (χ1) is 8.77. The SMILES string of the molecule is Cc1cn(C)c(Nc2ccc(Br)cc2C(F)(F)F)n1. The molecule has 0 fully saturated rings. The fraction of sp³-hybridized carbons (Fsp3) is 0.250. The molecule has 0 saturated heterocycles. The van der Waals surface area contributed by atoms with Crippen molar-refractivity contribution in [3.63, 3.8) is 0 Å². The molecule has 7 heteroatoms. The summed E-state index contributed by atoms with van der Waals surface area (Å²) in [6, 6.07) is 3.96. The van der Waals surface area contributed by atoms with Crippen LogP contribution >= 0.6 is 15.9 Å². The van der Waals surface area contributed by atoms with E-state index in [0.29, 0.717) is 10.4 Å². The molecule has 1 heterocycles. The van der Waals surface area contributed by atoms with Crippen LogP contribution in [0.25, 0.3) is 0 Å². The number of aromatic nitrogens is 2. The standard InChI is InChI=1S/C12H11BrF3N3/c1-7-6-19(2)11(17-7)18-10-4-3-8(13)5-9(10)12(14,15)16/h3-6H,1-2H3,(H,17,18). The number of hydrogen-bond donors (Lipinski definition) is 1. The second kappa shape index (κ2) is 4.88. The molecule has 0 unspecified atom stereocenters. The van der Waals surface area contributed by atoms with Gasteiger partial charge in [-0.25, -0.2) is 4.98 Å². The van der Waals surface area contributed by atoms with E-state index in [9.17, 15) is 13.2 Å². The van der Waals surface area contributed by atoms with Crippen LogP contribution in [-0.4, -0.2) is 9.55 Å². The average molecular weight is 334 g/mol. The molecule has 0 spiro atoms. The van der Waals surface area contributed by atoms with Crippen LogP contribution < -0.4 is 5.32 Å². The molecule has 0 aliphatic carbocycles. The normalized spacial score (nSPS) is 11.7. The molecule has 1 N–H and O–H groups in total. The van der Waals surface area contributed by atoms with E-state index in [-0.39, 0.29) is 5.69 Å². The smallest absolute Gasteiger partial charge is 0.325 e. The number of aryl methyl sites for hydroxylation is 2. The molecule has 1 aromatic carbocycles. The van der Waals surface area contributed by atoms with Gasteiger partial charge in [0.2, 0.25) is 5.95 Å². The molecule has 2 aromatic rings. The van der Waals surface area contributed by atoms with Crippen LogP contribution in [0.2, 0.25) is 0 Å². The highest BCUT2D eigenvalue weighted by molar-refractivity contribution is 9.10. The molecule has 0 aliphatic heterocycles. The quantitative estimate of drug-likeness (QED) is 0.890. The third-order valence-electron chi connectivity index (χ3n) is 2.53. The molecule has 3 nitrogen and oxygen atoms in total. The highest BCUT2D eigenvalue weighted by Crippen LogP contribution is 2.37. The topological polar surface area (TPSA) is 29.9 Å². The fourth-order valence-corrected chi connectivity index (χ4v) is 2.07. The Morgan fingerprint density at radius 2 is 2.00 bits per heavy atom. The van der Waals surface area contributed by atoms with Gasteiger partial charge in [0.25, 0.3) is 0 Å². The zero-order valence-corrected chi connectivity index (χ0v) is 11.8. The third kappa shape index (κ3) is 3.09. The summed E-state index contributed by atoms with van der Waals surface area (Å²) in [5.41, 5.74) is -0.0254. The lowest BCUT2D eigenvalue weighted by molar-refractivity contribution is -0.137. The highest BCUT2D eigenvalue weighted by Gasteiger charge is 2.34. The Labute approximate surface area is 116 Å². The van der Waals surface area contributed by atoms with E-state index in [2.05, 4.69) is 26.2 Å². The molecule has 0 saturated carbocycles. The van der Waals surface area contributed by atoms with Crippen LogP contribution in [0.5, 0.6) is 0 Å². The molecule has 0 amide bonds. The number of halogens is 4. The molecule has 19 heavy (non-hydrogen) atoms. The van der Waals surface area contributed by atoms with E-state index in [1.807, 2.05) is 0 Å². The van der Waals surface area contributed by atoms with E-state index in [1.54, 1.807) is 30.8 Å². The zero-order valence-electron chi connectivity index (χ0n) is 10.2. The van der Waals surface area contributed by atoms with Crippen LogP contribution in [0.1, 0.15) is 11.3 Å². The summed E-state index contributed by atoms with van der Waals surface area (Å²) in [4.78, 5) is 4.12. The van der Waals surface area contributed by atoms with Crippen LogP contribution in [-0.2, 0) is 13.2 Å². The minimum Gasteiger partial charge on any atom is -0.325 e. The lowest BCUT2D eigenvalue weighted by Crippen LogP contribution is -2.10. The van der Waals surface area contributed by atoms with Gasteiger partial charge >= 0.3 is 6.18 Å². The molecule has 0 bridgehead atoms. The summed E-state index contributed by atoms with van der Waals surface area (Å²) < 4.78 is 40.9. The van der Waals surface area contributed by atoms with Gasteiger partial charge < -0.3 is 9.88 Å². The Hall–Kier alpha value is -1.50. The van der Waals surface area contributed by atoms with Gasteiger partial charge in [0.1, 0.15) is 0 Å². The second-order valence-electron chi connectivity index (χ2n) is 4.13. The lowest BCUT2D eigenvalue weighted by Gasteiger charge is -2.14. The first kappa shape index (κ1) is 13.9. The Balaban J connectivity index is 2.43. The summed E-state index contributed by atoms with van der Waals surface area (Å²) in [6.45, 7) is 1.78. The maximum atomic E-state index is 12.9. The van der Waals surface area contributed by atoms with Crippen molar-refractivity contribution >= 4 is 27.6 Å². The monoisotopic (exact) mass is 333 g/mol. The first-order valence-corrected chi connectivity index (χ1v) is 6.20. The number of rotatable bonds is 2. The van der Waals surface area contributed by atoms with Crippen LogP contribution in [0.3, 0.4) is 0 Å². The second-order valence-corrected chi connectivity index (χ2v) is 5.05. The number of nitrogens with one attached hydrogen (secondary N) is 1. The number of alkyl halides is 3. The molecule has 2 rings (SSSR count). The summed E-state index contributed by atoms with van der Waals surface area (Å²) in [7, 11) is 1.72. The number of hydrogen-bond acceptors (Lipinski definition) is 2. The summed E-state index contributed by atoms with van der Waals surface area (Å²) in [6.07, 6.45) is -2.69. The first-order valence-electron chi connectivity index (χ1n) is 5.41. The van der Waals surface area contributed by atoms with Crippen LogP contribution in [0.15, 0.2) is 28.9 Å². The molecule has 0 radical (unpaired) electrons. The Bertz CT molecular complexity index is 605. The van der Waals surface area contributed by atoms with Crippen molar-refractivity contribution in [1.29, 1.82) is 0 Å². The molecule has 0 atom stereocenters. The van der Waals surface area contributed by atoms with Crippen LogP contribution in [0, 0.1) is 6.92 Å². The number of imidazole rings is 1. The third-order valence-corrected chi connectivity index (χ3v) is 3.02. The zero-order chi connectivity index (χ0) is 14.2. The maximum Gasteiger partial charge on any atom is 0.418 e. The van der Waals surface area contributed by atoms with Gasteiger partial charge in [0, 0.05) is 17.7 Å². The molecular formula is C12H11BrF3N3. The van der Waals surface area contributed by atoms with E-state index in [0.717, 1.165) is 11.8 Å². The molecular weight excluding hydrogens is 323 g/mol. The largest absolute Gasteiger partial charge is 0.418 e. The van der Waals surface area contributed by atoms with E-state index in [4.69, 9.17) is 0 Å². The van der Waals surface area contributed by atoms with Crippen molar-refractivity contribution in [2.45, 2.75) is 13.1 Å². The summed E-state index contributed by atoms with van der Waals surface area (Å²) in [5.74, 6) is 0.366. The highest BCUT2D eigenvalue weighted by atomic mass is 79.9. The number of benzene rings is 1. The maximum absolute atomic E-state index is 12.9. The molecule has 0 aliphatic rings. The summed E-state index contributed by atoms with van der Waals surface area (Å²) in [5, 5.41) is 2.71. The van der Waals surface area contributed by atoms with Crippen molar-refractivity contribution < 1.29 is 13.2 Å². The van der Waals surface area contributed by atoms with Gasteiger partial charge in [0.05, 0.1) is 16.9 Å². The van der Waals surface area contributed by atoms with Gasteiger partial charge in [-0.15, -0.1) is 0 Å². The Kier molecular flexibility index (Phi) is 3.58. The van der Waals surface area contributed by atoms with E-state index in [1.165, 1.54) is 6.07 Å². The van der Waals surface area contributed by atoms with Crippen molar-refractivity contribution in [3.8, 4) is 0 Å². The number of anilines is 2. The van der Waals surface area contributed by atoms with E-state index >= 15 is 0 Å². The molecule has 102 valence electrons. The van der Waals surface area contributed by atoms with Gasteiger partial charge in [-0.2, -0.15) is 13.2 Å². The molecule has 1 aromatic heterocycles. The van der Waals surface area contributed by atoms with Crippen molar-refractivity contribution in [1.82, 2.24) is 9.55 Å². The predicted molar refractivity (Wildman–Crippen MR) is 70.4 cm³/mol. The predicted octanol–water partition coefficient (Wildman–Crippen LogP) is 4.25. The average Bonchev–Trinajstić information content (AvgIpc) is 2.58. The summed E-state index contributed by atoms with van der Waals surface area (Å²) >= 11 is 3.04. The lowest BCUT2D eigenvalue weighted by atomic mass is 10.1. The Morgan fingerprint density at radius 1 is 1.32 bits per heavy atom. The van der Waals surface area contributed by atoms with Gasteiger partial charge in [0.15, 0.2) is 0 Å². The fourth-order valence-electron chi connectivity index (χ4n) is 1.71. The van der Waals surface area contributed by atoms with Crippen LogP contribution in [0.4, 0.5) is 24.8 Å². The van der Waals surface area contributed by atoms with Gasteiger partial charge in [-0.05, 0) is 25.1 Å². The minimum atomic E-state index is -4.42. The van der Waals surface area contributed by atoms with Crippen molar-refractivity contribution in [3.05, 3.63) is 40.1 Å². The van der Waals surface area contributed by atoms with Gasteiger partial charge in [-0.1, -0.05) is 15.9 Å². The Morgan fingerprint density at radius 3 is 2.53 bits per heavy atom. The van der Waals surface area contributed by atoms with Gasteiger partial charge in [-0.3, -0.25) is 0 Å². The minimum absolute atomic E-state index is 0.0237. The number of nitrogens with zero attached hydrogens (tertiary/aromatic N) is 2.